The molecule has 1 aromatic heterocycles. The summed E-state index contributed by atoms with van der Waals surface area (Å²) in [4.78, 5) is 13.7. The van der Waals surface area contributed by atoms with Gasteiger partial charge in [-0.2, -0.15) is 5.10 Å². The molecule has 0 aliphatic rings. The molecule has 0 fully saturated rings. The second-order valence-electron chi connectivity index (χ2n) is 5.32. The van der Waals surface area contributed by atoms with Crippen LogP contribution in [0.4, 0.5) is 15.8 Å². The first-order valence-electron chi connectivity index (χ1n) is 7.20. The second kappa shape index (κ2) is 6.52. The zero-order valence-corrected chi connectivity index (χ0v) is 14.1. The number of anilines is 1. The lowest BCUT2D eigenvalue weighted by molar-refractivity contribution is -0.385. The molecule has 0 bridgehead atoms. The molecule has 0 saturated heterocycles. The van der Waals surface area contributed by atoms with Crippen LogP contribution in [0.5, 0.6) is 0 Å². The van der Waals surface area contributed by atoms with Crippen molar-refractivity contribution in [3.63, 3.8) is 0 Å². The SMILES string of the molecule is Cc1ccc(S(=O)(=O)Nc2ccc(-n3cncn3)c(F)c2)cc1[N+](=O)[O-]. The molecular weight excluding hydrogens is 365 g/mol. The van der Waals surface area contributed by atoms with Crippen LogP contribution in [-0.2, 0) is 10.0 Å². The highest BCUT2D eigenvalue weighted by molar-refractivity contribution is 7.92. The number of nitro benzene ring substituents is 1. The van der Waals surface area contributed by atoms with Crippen molar-refractivity contribution in [2.24, 2.45) is 0 Å². The standard InChI is InChI=1S/C15H12FN5O4S/c1-10-2-4-12(7-15(10)21(22)23)26(24,25)19-11-3-5-14(13(16)6-11)20-9-17-8-18-20/h2-9,19H,1H3. The van der Waals surface area contributed by atoms with Crippen molar-refractivity contribution in [2.45, 2.75) is 11.8 Å². The van der Waals surface area contributed by atoms with Crippen molar-refractivity contribution in [1.82, 2.24) is 14.8 Å². The third kappa shape index (κ3) is 3.37. The number of aryl methyl sites for hydroxylation is 1. The maximum absolute atomic E-state index is 14.2. The van der Waals surface area contributed by atoms with Crippen LogP contribution in [0.3, 0.4) is 0 Å². The van der Waals surface area contributed by atoms with E-state index >= 15 is 0 Å². The largest absolute Gasteiger partial charge is 0.280 e. The Balaban J connectivity index is 1.92. The first-order valence-corrected chi connectivity index (χ1v) is 8.68. The van der Waals surface area contributed by atoms with Crippen molar-refractivity contribution >= 4 is 21.4 Å². The Bertz CT molecular complexity index is 1080. The van der Waals surface area contributed by atoms with E-state index in [2.05, 4.69) is 14.8 Å². The molecule has 9 nitrogen and oxygen atoms in total. The van der Waals surface area contributed by atoms with Gasteiger partial charge >= 0.3 is 0 Å². The van der Waals surface area contributed by atoms with Gasteiger partial charge in [-0.1, -0.05) is 6.07 Å². The molecule has 0 radical (unpaired) electrons. The third-order valence-corrected chi connectivity index (χ3v) is 4.93. The van der Waals surface area contributed by atoms with E-state index in [0.717, 1.165) is 12.1 Å². The monoisotopic (exact) mass is 377 g/mol. The zero-order valence-electron chi connectivity index (χ0n) is 13.3. The Kier molecular flexibility index (Phi) is 4.38. The molecule has 11 heteroatoms. The molecular formula is C15H12FN5O4S. The van der Waals surface area contributed by atoms with E-state index in [-0.39, 0.29) is 22.0 Å². The number of halogens is 1. The van der Waals surface area contributed by atoms with Crippen LogP contribution in [0.2, 0.25) is 0 Å². The van der Waals surface area contributed by atoms with Crippen molar-refractivity contribution < 1.29 is 17.7 Å². The lowest BCUT2D eigenvalue weighted by atomic mass is 10.2. The van der Waals surface area contributed by atoms with E-state index in [0.29, 0.717) is 5.56 Å². The van der Waals surface area contributed by atoms with Crippen molar-refractivity contribution in [3.05, 3.63) is 70.5 Å². The highest BCUT2D eigenvalue weighted by Gasteiger charge is 2.20. The highest BCUT2D eigenvalue weighted by Crippen LogP contribution is 2.25. The molecule has 0 aliphatic carbocycles. The van der Waals surface area contributed by atoms with E-state index < -0.39 is 20.8 Å². The van der Waals surface area contributed by atoms with Crippen molar-refractivity contribution in [1.29, 1.82) is 0 Å². The molecule has 1 heterocycles. The average Bonchev–Trinajstić information content (AvgIpc) is 3.08. The highest BCUT2D eigenvalue weighted by atomic mass is 32.2. The van der Waals surface area contributed by atoms with E-state index in [4.69, 9.17) is 0 Å². The minimum absolute atomic E-state index is 0.0328. The van der Waals surface area contributed by atoms with Gasteiger partial charge in [-0.3, -0.25) is 14.8 Å². The molecule has 0 aliphatic heterocycles. The number of hydrogen-bond donors (Lipinski definition) is 1. The molecule has 0 unspecified atom stereocenters. The number of nitrogens with one attached hydrogen (secondary N) is 1. The summed E-state index contributed by atoms with van der Waals surface area (Å²) >= 11 is 0. The number of nitrogens with zero attached hydrogens (tertiary/aromatic N) is 4. The van der Waals surface area contributed by atoms with Crippen molar-refractivity contribution in [2.75, 3.05) is 4.72 Å². The predicted molar refractivity (Wildman–Crippen MR) is 90.0 cm³/mol. The van der Waals surface area contributed by atoms with Gasteiger partial charge in [-0.15, -0.1) is 0 Å². The van der Waals surface area contributed by atoms with Crippen LogP contribution >= 0.6 is 0 Å². The van der Waals surface area contributed by atoms with Crippen LogP contribution in [0, 0.1) is 22.9 Å². The number of benzene rings is 2. The predicted octanol–water partition coefficient (Wildman–Crippen LogP) is 2.42. The third-order valence-electron chi connectivity index (χ3n) is 3.55. The quantitative estimate of drug-likeness (QED) is 0.538. The first kappa shape index (κ1) is 17.5. The summed E-state index contributed by atoms with van der Waals surface area (Å²) < 4.78 is 42.4. The Morgan fingerprint density at radius 2 is 2.00 bits per heavy atom. The number of rotatable bonds is 5. The van der Waals surface area contributed by atoms with Gasteiger partial charge in [0.25, 0.3) is 15.7 Å². The van der Waals surface area contributed by atoms with Gasteiger partial charge in [0.1, 0.15) is 18.3 Å². The van der Waals surface area contributed by atoms with Crippen LogP contribution in [0.15, 0.2) is 53.9 Å². The van der Waals surface area contributed by atoms with Gasteiger partial charge in [0, 0.05) is 17.7 Å². The van der Waals surface area contributed by atoms with Crippen LogP contribution in [0.1, 0.15) is 5.56 Å². The summed E-state index contributed by atoms with van der Waals surface area (Å²) in [6.07, 6.45) is 2.54. The fourth-order valence-corrected chi connectivity index (χ4v) is 3.33. The minimum atomic E-state index is -4.13. The first-order chi connectivity index (χ1) is 12.3. The molecule has 26 heavy (non-hydrogen) atoms. The lowest BCUT2D eigenvalue weighted by Crippen LogP contribution is -2.14. The number of sulfonamides is 1. The van der Waals surface area contributed by atoms with Crippen LogP contribution in [-0.4, -0.2) is 28.1 Å². The maximum Gasteiger partial charge on any atom is 0.273 e. The fourth-order valence-electron chi connectivity index (χ4n) is 2.26. The van der Waals surface area contributed by atoms with Gasteiger partial charge in [0.2, 0.25) is 0 Å². The summed E-state index contributed by atoms with van der Waals surface area (Å²) in [7, 11) is -4.13. The average molecular weight is 377 g/mol. The molecule has 0 saturated carbocycles. The lowest BCUT2D eigenvalue weighted by Gasteiger charge is -2.10. The van der Waals surface area contributed by atoms with E-state index in [1.54, 1.807) is 0 Å². The van der Waals surface area contributed by atoms with E-state index in [1.807, 2.05) is 0 Å². The molecule has 0 spiro atoms. The molecule has 134 valence electrons. The molecule has 3 aromatic rings. The summed E-state index contributed by atoms with van der Waals surface area (Å²) in [5.41, 5.74) is 0.0729. The van der Waals surface area contributed by atoms with E-state index in [9.17, 15) is 22.9 Å². The maximum atomic E-state index is 14.2. The number of nitro groups is 1. The Labute approximate surface area is 147 Å². The van der Waals surface area contributed by atoms with Gasteiger partial charge < -0.3 is 0 Å². The smallest absolute Gasteiger partial charge is 0.273 e. The van der Waals surface area contributed by atoms with Crippen LogP contribution < -0.4 is 4.72 Å². The zero-order chi connectivity index (χ0) is 18.9. The Hall–Kier alpha value is -3.34. The van der Waals surface area contributed by atoms with Gasteiger partial charge in [0.15, 0.2) is 5.82 Å². The molecule has 2 aromatic carbocycles. The van der Waals surface area contributed by atoms with Gasteiger partial charge in [0.05, 0.1) is 15.5 Å². The molecule has 0 amide bonds. The summed E-state index contributed by atoms with van der Waals surface area (Å²) in [5, 5.41) is 14.8. The fraction of sp³-hybridized carbons (Fsp3) is 0.0667. The second-order valence-corrected chi connectivity index (χ2v) is 7.00. The Morgan fingerprint density at radius 3 is 2.62 bits per heavy atom. The Morgan fingerprint density at radius 1 is 1.23 bits per heavy atom. The minimum Gasteiger partial charge on any atom is -0.280 e. The van der Waals surface area contributed by atoms with Gasteiger partial charge in [-0.25, -0.2) is 22.5 Å². The number of hydrogen-bond acceptors (Lipinski definition) is 6. The van der Waals surface area contributed by atoms with Crippen molar-refractivity contribution in [3.8, 4) is 5.69 Å². The van der Waals surface area contributed by atoms with Gasteiger partial charge in [-0.05, 0) is 25.1 Å². The summed E-state index contributed by atoms with van der Waals surface area (Å²) in [5.74, 6) is -0.717. The molecule has 0 atom stereocenters. The van der Waals surface area contributed by atoms with Crippen LogP contribution in [0.25, 0.3) is 5.69 Å². The molecule has 3 rings (SSSR count). The summed E-state index contributed by atoms with van der Waals surface area (Å²) in [6, 6.07) is 7.20. The molecule has 1 N–H and O–H groups in total. The topological polar surface area (TPSA) is 120 Å². The summed E-state index contributed by atoms with van der Waals surface area (Å²) in [6.45, 7) is 1.50. The normalized spacial score (nSPS) is 11.3. The van der Waals surface area contributed by atoms with E-state index in [1.165, 1.54) is 48.5 Å². The number of aromatic nitrogens is 3.